The molecule has 0 amide bonds. The molecule has 0 unspecified atom stereocenters. The number of hydrogen-bond acceptors (Lipinski definition) is 7. The maximum Gasteiger partial charge on any atom is 0.178 e. The predicted molar refractivity (Wildman–Crippen MR) is 80.2 cm³/mol. The lowest BCUT2D eigenvalue weighted by Gasteiger charge is -2.22. The van der Waals surface area contributed by atoms with Crippen LogP contribution in [0, 0.1) is 11.3 Å². The molecule has 0 aromatic carbocycles. The lowest BCUT2D eigenvalue weighted by molar-refractivity contribution is 0.592. The van der Waals surface area contributed by atoms with Gasteiger partial charge in [-0.1, -0.05) is 0 Å². The fourth-order valence-electron chi connectivity index (χ4n) is 1.61. The molecule has 0 saturated heterocycles. The van der Waals surface area contributed by atoms with E-state index in [2.05, 4.69) is 26.7 Å². The minimum absolute atomic E-state index is 0.326. The lowest BCUT2D eigenvalue weighted by atomic mass is 10.3. The van der Waals surface area contributed by atoms with Crippen molar-refractivity contribution in [3.63, 3.8) is 0 Å². The second kappa shape index (κ2) is 6.63. The van der Waals surface area contributed by atoms with E-state index < -0.39 is 0 Å². The molecule has 1 aromatic rings. The molecule has 100 valence electrons. The Balaban J connectivity index is 2.40. The maximum atomic E-state index is 8.92. The van der Waals surface area contributed by atoms with Crippen LogP contribution < -0.4 is 0 Å². The summed E-state index contributed by atoms with van der Waals surface area (Å²) in [5.41, 5.74) is 1.00. The van der Waals surface area contributed by atoms with Crippen LogP contribution in [-0.4, -0.2) is 40.6 Å². The van der Waals surface area contributed by atoms with Crippen LogP contribution in [0.2, 0.25) is 0 Å². The van der Waals surface area contributed by atoms with Gasteiger partial charge in [0.1, 0.15) is 11.8 Å². The summed E-state index contributed by atoms with van der Waals surface area (Å²) < 4.78 is 0. The molecule has 0 radical (unpaired) electrons. The van der Waals surface area contributed by atoms with Gasteiger partial charge in [-0.3, -0.25) is 4.99 Å². The Morgan fingerprint density at radius 1 is 1.65 bits per heavy atom. The Kier molecular flexibility index (Phi) is 4.63. The standard InChI is InChI=1S/C13H12N6S/c1-15-8-11(13-17-4-3-12(18-13)20-2)19-6-5-16-10(7-14)9-19/h3-5,8-9H,1,6H2,2H3/b11-8-. The summed E-state index contributed by atoms with van der Waals surface area (Å²) in [6, 6.07) is 3.84. The molecule has 1 aromatic heterocycles. The predicted octanol–water partition coefficient (Wildman–Crippen LogP) is 1.95. The van der Waals surface area contributed by atoms with Crippen LogP contribution in [0.15, 0.2) is 45.4 Å². The zero-order chi connectivity index (χ0) is 14.4. The van der Waals surface area contributed by atoms with Crippen LogP contribution in [0.4, 0.5) is 0 Å². The highest BCUT2D eigenvalue weighted by molar-refractivity contribution is 7.98. The van der Waals surface area contributed by atoms with E-state index >= 15 is 0 Å². The van der Waals surface area contributed by atoms with Gasteiger partial charge in [-0.05, 0) is 19.0 Å². The van der Waals surface area contributed by atoms with E-state index in [1.807, 2.05) is 23.3 Å². The molecule has 2 rings (SSSR count). The number of rotatable bonds is 4. The highest BCUT2D eigenvalue weighted by Gasteiger charge is 2.15. The van der Waals surface area contributed by atoms with Crippen molar-refractivity contribution in [1.29, 1.82) is 5.26 Å². The molecule has 1 aliphatic rings. The number of allylic oxidation sites excluding steroid dienone is 1. The van der Waals surface area contributed by atoms with E-state index in [1.165, 1.54) is 11.8 Å². The number of nitriles is 1. The second-order valence-electron chi connectivity index (χ2n) is 3.71. The summed E-state index contributed by atoms with van der Waals surface area (Å²) in [5, 5.41) is 9.79. The van der Waals surface area contributed by atoms with Gasteiger partial charge in [0, 0.05) is 18.6 Å². The average Bonchev–Trinajstić information content (AvgIpc) is 2.52. The Morgan fingerprint density at radius 3 is 3.20 bits per heavy atom. The van der Waals surface area contributed by atoms with Gasteiger partial charge in [-0.2, -0.15) is 5.26 Å². The molecular weight excluding hydrogens is 272 g/mol. The summed E-state index contributed by atoms with van der Waals surface area (Å²) in [6.45, 7) is 4.00. The number of nitrogens with zero attached hydrogens (tertiary/aromatic N) is 6. The van der Waals surface area contributed by atoms with E-state index in [4.69, 9.17) is 5.26 Å². The van der Waals surface area contributed by atoms with Crippen LogP contribution >= 0.6 is 11.8 Å². The van der Waals surface area contributed by atoms with Crippen molar-refractivity contribution in [3.8, 4) is 6.07 Å². The quantitative estimate of drug-likeness (QED) is 0.480. The Labute approximate surface area is 121 Å². The van der Waals surface area contributed by atoms with Gasteiger partial charge in [-0.15, -0.1) is 11.8 Å². The van der Waals surface area contributed by atoms with E-state index in [0.29, 0.717) is 23.8 Å². The molecule has 0 aliphatic carbocycles. The Morgan fingerprint density at radius 2 is 2.50 bits per heavy atom. The van der Waals surface area contributed by atoms with Crippen molar-refractivity contribution < 1.29 is 0 Å². The van der Waals surface area contributed by atoms with Crippen LogP contribution in [-0.2, 0) is 0 Å². The SMILES string of the molecule is C=N/C=C(/c1nccc(SC)n1)N1C=C(C#N)N=CC1. The Bertz CT molecular complexity index is 641. The first-order chi connectivity index (χ1) is 9.78. The third-order valence-corrected chi connectivity index (χ3v) is 3.14. The molecule has 1 aliphatic heterocycles. The summed E-state index contributed by atoms with van der Waals surface area (Å²) in [4.78, 5) is 18.3. The summed E-state index contributed by atoms with van der Waals surface area (Å²) in [7, 11) is 0. The normalized spacial score (nSPS) is 14.7. The largest absolute Gasteiger partial charge is 0.335 e. The van der Waals surface area contributed by atoms with E-state index in [-0.39, 0.29) is 0 Å². The van der Waals surface area contributed by atoms with Crippen molar-refractivity contribution in [2.45, 2.75) is 5.03 Å². The third kappa shape index (κ3) is 3.10. The molecule has 0 fully saturated rings. The molecule has 0 atom stereocenters. The van der Waals surface area contributed by atoms with Gasteiger partial charge in [0.25, 0.3) is 0 Å². The van der Waals surface area contributed by atoms with Crippen LogP contribution in [0.1, 0.15) is 5.82 Å². The van der Waals surface area contributed by atoms with Gasteiger partial charge in [0.15, 0.2) is 11.5 Å². The number of aliphatic imine (C=N–C) groups is 2. The van der Waals surface area contributed by atoms with E-state index in [0.717, 1.165) is 5.03 Å². The van der Waals surface area contributed by atoms with Gasteiger partial charge in [0.05, 0.1) is 17.8 Å². The topological polar surface area (TPSA) is 77.5 Å². The van der Waals surface area contributed by atoms with Crippen LogP contribution in [0.25, 0.3) is 5.70 Å². The van der Waals surface area contributed by atoms with Gasteiger partial charge >= 0.3 is 0 Å². The maximum absolute atomic E-state index is 8.92. The van der Waals surface area contributed by atoms with Gasteiger partial charge in [0.2, 0.25) is 0 Å². The number of hydrogen-bond donors (Lipinski definition) is 0. The van der Waals surface area contributed by atoms with Crippen molar-refractivity contribution in [2.75, 3.05) is 12.8 Å². The second-order valence-corrected chi connectivity index (χ2v) is 4.54. The van der Waals surface area contributed by atoms with E-state index in [9.17, 15) is 0 Å². The third-order valence-electron chi connectivity index (χ3n) is 2.49. The first-order valence-electron chi connectivity index (χ1n) is 5.73. The van der Waals surface area contributed by atoms with Gasteiger partial charge < -0.3 is 4.90 Å². The summed E-state index contributed by atoms with van der Waals surface area (Å²) >= 11 is 1.53. The highest BCUT2D eigenvalue weighted by Crippen LogP contribution is 2.21. The summed E-state index contributed by atoms with van der Waals surface area (Å²) in [6.07, 6.45) is 8.52. The molecule has 6 nitrogen and oxygen atoms in total. The highest BCUT2D eigenvalue weighted by atomic mass is 32.2. The molecule has 0 bridgehead atoms. The molecule has 2 heterocycles. The zero-order valence-corrected chi connectivity index (χ0v) is 11.7. The lowest BCUT2D eigenvalue weighted by Crippen LogP contribution is -2.22. The fourth-order valence-corrected chi connectivity index (χ4v) is 1.99. The van der Waals surface area contributed by atoms with E-state index in [1.54, 1.807) is 24.8 Å². The first kappa shape index (κ1) is 14.0. The molecule has 0 saturated carbocycles. The minimum atomic E-state index is 0.326. The van der Waals surface area contributed by atoms with Gasteiger partial charge in [-0.25, -0.2) is 15.0 Å². The average molecular weight is 284 g/mol. The van der Waals surface area contributed by atoms with Crippen molar-refractivity contribution in [3.05, 3.63) is 36.2 Å². The molecule has 0 spiro atoms. The van der Waals surface area contributed by atoms with Crippen LogP contribution in [0.5, 0.6) is 0 Å². The first-order valence-corrected chi connectivity index (χ1v) is 6.95. The fraction of sp³-hybridized carbons (Fsp3) is 0.154. The van der Waals surface area contributed by atoms with Crippen LogP contribution in [0.3, 0.4) is 0 Å². The zero-order valence-electron chi connectivity index (χ0n) is 10.9. The van der Waals surface area contributed by atoms with Crippen molar-refractivity contribution in [1.82, 2.24) is 14.9 Å². The van der Waals surface area contributed by atoms with Crippen molar-refractivity contribution >= 4 is 30.4 Å². The number of thioether (sulfide) groups is 1. The minimum Gasteiger partial charge on any atom is -0.335 e. The summed E-state index contributed by atoms with van der Waals surface area (Å²) in [5.74, 6) is 0.535. The number of aromatic nitrogens is 2. The molecular formula is C13H12N6S. The Hall–Kier alpha value is -2.46. The molecule has 20 heavy (non-hydrogen) atoms. The monoisotopic (exact) mass is 284 g/mol. The smallest absolute Gasteiger partial charge is 0.178 e. The van der Waals surface area contributed by atoms with Crippen molar-refractivity contribution in [2.24, 2.45) is 9.98 Å². The molecule has 0 N–H and O–H groups in total. The molecule has 7 heteroatoms.